The summed E-state index contributed by atoms with van der Waals surface area (Å²) in [7, 11) is 0. The monoisotopic (exact) mass is 398 g/mol. The fourth-order valence-corrected chi connectivity index (χ4v) is 3.38. The number of halogens is 1. The molecule has 152 valence electrons. The van der Waals surface area contributed by atoms with Gasteiger partial charge in [0.05, 0.1) is 49.6 Å². The van der Waals surface area contributed by atoms with Crippen LogP contribution in [0.3, 0.4) is 0 Å². The molecule has 0 spiro atoms. The Kier molecular flexibility index (Phi) is 5.30. The fourth-order valence-electron chi connectivity index (χ4n) is 3.38. The average Bonchev–Trinajstić information content (AvgIpc) is 3.28. The molecule has 9 heteroatoms. The van der Waals surface area contributed by atoms with E-state index < -0.39 is 0 Å². The largest absolute Gasteiger partial charge is 0.373 e. The number of aromatic nitrogens is 4. The molecule has 1 N–H and O–H groups in total. The number of hydrogen-bond donors (Lipinski definition) is 1. The fraction of sp³-hybridized carbons (Fsp3) is 0.350. The molecule has 0 bridgehead atoms. The molecule has 2 amide bonds. The summed E-state index contributed by atoms with van der Waals surface area (Å²) in [6, 6.07) is 6.16. The summed E-state index contributed by atoms with van der Waals surface area (Å²) in [5, 5.41) is 11.4. The number of ether oxygens (including phenoxy) is 1. The number of aryl methyl sites for hydroxylation is 1. The van der Waals surface area contributed by atoms with Crippen LogP contribution < -0.4 is 5.32 Å². The van der Waals surface area contributed by atoms with Crippen molar-refractivity contribution in [1.82, 2.24) is 24.5 Å². The number of amides is 2. The van der Waals surface area contributed by atoms with Gasteiger partial charge in [0.1, 0.15) is 11.5 Å². The topological polar surface area (TPSA) is 77.2 Å². The smallest absolute Gasteiger partial charge is 0.322 e. The first kappa shape index (κ1) is 19.1. The van der Waals surface area contributed by atoms with Crippen molar-refractivity contribution >= 4 is 11.7 Å². The third-order valence-electron chi connectivity index (χ3n) is 4.91. The molecule has 3 aromatic rings. The predicted octanol–water partition coefficient (Wildman–Crippen LogP) is 2.76. The summed E-state index contributed by atoms with van der Waals surface area (Å²) in [6.45, 7) is 5.78. The van der Waals surface area contributed by atoms with Gasteiger partial charge in [-0.15, -0.1) is 0 Å². The number of rotatable bonds is 4. The highest BCUT2D eigenvalue weighted by molar-refractivity contribution is 5.90. The first-order valence-corrected chi connectivity index (χ1v) is 9.47. The van der Waals surface area contributed by atoms with Gasteiger partial charge in [0.15, 0.2) is 0 Å². The molecule has 1 aromatic carbocycles. The van der Waals surface area contributed by atoms with Crippen LogP contribution in [0.2, 0.25) is 0 Å². The van der Waals surface area contributed by atoms with Crippen LogP contribution in [-0.4, -0.2) is 56.3 Å². The quantitative estimate of drug-likeness (QED) is 0.733. The van der Waals surface area contributed by atoms with Crippen molar-refractivity contribution in [2.75, 3.05) is 25.0 Å². The van der Waals surface area contributed by atoms with Crippen LogP contribution >= 0.6 is 0 Å². The summed E-state index contributed by atoms with van der Waals surface area (Å²) >= 11 is 0. The van der Waals surface area contributed by atoms with E-state index in [1.807, 2.05) is 17.8 Å². The second-order valence-corrected chi connectivity index (χ2v) is 7.12. The van der Waals surface area contributed by atoms with E-state index in [0.29, 0.717) is 43.3 Å². The number of nitrogens with one attached hydrogen (secondary N) is 1. The van der Waals surface area contributed by atoms with Crippen molar-refractivity contribution in [3.05, 3.63) is 59.9 Å². The third-order valence-corrected chi connectivity index (χ3v) is 4.91. The van der Waals surface area contributed by atoms with Gasteiger partial charge in [-0.05, 0) is 31.5 Å². The number of carbonyl (C=O) groups is 1. The van der Waals surface area contributed by atoms with Crippen LogP contribution in [0.1, 0.15) is 11.3 Å². The second kappa shape index (κ2) is 8.04. The molecule has 1 unspecified atom stereocenters. The minimum atomic E-state index is -0.374. The summed E-state index contributed by atoms with van der Waals surface area (Å²) in [5.74, 6) is -0.374. The molecule has 1 aliphatic heterocycles. The number of hydrogen-bond acceptors (Lipinski definition) is 4. The van der Waals surface area contributed by atoms with Gasteiger partial charge in [-0.25, -0.2) is 13.9 Å². The number of anilines is 1. The van der Waals surface area contributed by atoms with Crippen molar-refractivity contribution in [3.63, 3.8) is 0 Å². The molecule has 0 saturated carbocycles. The Labute approximate surface area is 167 Å². The molecule has 1 aliphatic rings. The summed E-state index contributed by atoms with van der Waals surface area (Å²) < 4.78 is 23.1. The number of para-hydroxylation sites is 1. The maximum Gasteiger partial charge on any atom is 0.322 e. The second-order valence-electron chi connectivity index (χ2n) is 7.12. The molecule has 29 heavy (non-hydrogen) atoms. The number of carbonyl (C=O) groups excluding carboxylic acids is 1. The third kappa shape index (κ3) is 4.14. The van der Waals surface area contributed by atoms with E-state index in [1.54, 1.807) is 36.2 Å². The first-order valence-electron chi connectivity index (χ1n) is 9.47. The van der Waals surface area contributed by atoms with Crippen LogP contribution in [0.15, 0.2) is 42.9 Å². The molecule has 1 saturated heterocycles. The zero-order chi connectivity index (χ0) is 20.4. The molecule has 0 radical (unpaired) electrons. The van der Waals surface area contributed by atoms with Gasteiger partial charge in [-0.1, -0.05) is 12.1 Å². The molecular weight excluding hydrogens is 375 g/mol. The summed E-state index contributed by atoms with van der Waals surface area (Å²) in [6.07, 6.45) is 5.15. The van der Waals surface area contributed by atoms with Crippen molar-refractivity contribution in [2.24, 2.45) is 0 Å². The van der Waals surface area contributed by atoms with Crippen LogP contribution in [0, 0.1) is 19.7 Å². The number of benzene rings is 1. The van der Waals surface area contributed by atoms with E-state index in [-0.39, 0.29) is 18.0 Å². The van der Waals surface area contributed by atoms with Gasteiger partial charge in [-0.3, -0.25) is 4.68 Å². The van der Waals surface area contributed by atoms with E-state index in [1.165, 1.54) is 16.9 Å². The maximum atomic E-state index is 14.1. The molecule has 0 aliphatic carbocycles. The summed E-state index contributed by atoms with van der Waals surface area (Å²) in [4.78, 5) is 14.5. The van der Waals surface area contributed by atoms with Gasteiger partial charge in [-0.2, -0.15) is 10.2 Å². The van der Waals surface area contributed by atoms with Crippen molar-refractivity contribution in [2.45, 2.75) is 26.5 Å². The van der Waals surface area contributed by atoms with E-state index in [2.05, 4.69) is 15.5 Å². The number of nitrogens with zero attached hydrogens (tertiary/aromatic N) is 5. The lowest BCUT2D eigenvalue weighted by molar-refractivity contribution is -0.0219. The Morgan fingerprint density at radius 3 is 2.86 bits per heavy atom. The lowest BCUT2D eigenvalue weighted by Crippen LogP contribution is -2.48. The normalized spacial score (nSPS) is 16.8. The first-order chi connectivity index (χ1) is 14.0. The molecule has 4 rings (SSSR count). The number of morpholine rings is 1. The SMILES string of the molecule is Cc1cnn(CC2CN(C(=O)Nc3cnn(-c4ccccc4F)c3C)CCO2)c1. The summed E-state index contributed by atoms with van der Waals surface area (Å²) in [5.41, 5.74) is 2.62. The van der Waals surface area contributed by atoms with Gasteiger partial charge >= 0.3 is 6.03 Å². The highest BCUT2D eigenvalue weighted by atomic mass is 19.1. The molecule has 1 atom stereocenters. The van der Waals surface area contributed by atoms with Crippen molar-refractivity contribution < 1.29 is 13.9 Å². The van der Waals surface area contributed by atoms with Gasteiger partial charge in [0.2, 0.25) is 0 Å². The van der Waals surface area contributed by atoms with E-state index in [9.17, 15) is 9.18 Å². The van der Waals surface area contributed by atoms with Gasteiger partial charge < -0.3 is 15.0 Å². The Balaban J connectivity index is 1.42. The Hall–Kier alpha value is -3.20. The average molecular weight is 398 g/mol. The van der Waals surface area contributed by atoms with Crippen LogP contribution in [0.25, 0.3) is 5.69 Å². The van der Waals surface area contributed by atoms with Crippen LogP contribution in [-0.2, 0) is 11.3 Å². The highest BCUT2D eigenvalue weighted by Crippen LogP contribution is 2.21. The standard InChI is InChI=1S/C20H23FN6O2/c1-14-9-22-26(11-14)13-16-12-25(7-8-29-16)20(28)24-18-10-23-27(15(18)2)19-6-4-3-5-17(19)21/h3-6,9-11,16H,7-8,12-13H2,1-2H3,(H,24,28). The molecule has 2 aromatic heterocycles. The Morgan fingerprint density at radius 2 is 2.10 bits per heavy atom. The van der Waals surface area contributed by atoms with Gasteiger partial charge in [0, 0.05) is 12.7 Å². The zero-order valence-electron chi connectivity index (χ0n) is 16.4. The van der Waals surface area contributed by atoms with Gasteiger partial charge in [0.25, 0.3) is 0 Å². The van der Waals surface area contributed by atoms with Crippen molar-refractivity contribution in [3.8, 4) is 5.69 Å². The van der Waals surface area contributed by atoms with E-state index >= 15 is 0 Å². The highest BCUT2D eigenvalue weighted by Gasteiger charge is 2.25. The van der Waals surface area contributed by atoms with E-state index in [4.69, 9.17) is 4.74 Å². The van der Waals surface area contributed by atoms with Crippen molar-refractivity contribution in [1.29, 1.82) is 0 Å². The Morgan fingerprint density at radius 1 is 1.28 bits per heavy atom. The molecular formula is C20H23FN6O2. The minimum absolute atomic E-state index is 0.129. The lowest BCUT2D eigenvalue weighted by atomic mass is 10.2. The minimum Gasteiger partial charge on any atom is -0.373 e. The number of urea groups is 1. The Bertz CT molecular complexity index is 1010. The molecule has 8 nitrogen and oxygen atoms in total. The molecule has 3 heterocycles. The zero-order valence-corrected chi connectivity index (χ0v) is 16.4. The van der Waals surface area contributed by atoms with E-state index in [0.717, 1.165) is 5.56 Å². The van der Waals surface area contributed by atoms with Crippen LogP contribution in [0.5, 0.6) is 0 Å². The van der Waals surface area contributed by atoms with Crippen LogP contribution in [0.4, 0.5) is 14.9 Å². The predicted molar refractivity (Wildman–Crippen MR) is 106 cm³/mol. The lowest BCUT2D eigenvalue weighted by Gasteiger charge is -2.32. The molecule has 1 fully saturated rings. The maximum absolute atomic E-state index is 14.1.